The van der Waals surface area contributed by atoms with Crippen molar-refractivity contribution in [1.29, 1.82) is 0 Å². The molecule has 1 aliphatic rings. The Kier molecular flexibility index (Phi) is 7.46. The van der Waals surface area contributed by atoms with E-state index in [-0.39, 0.29) is 37.0 Å². The zero-order valence-corrected chi connectivity index (χ0v) is 14.7. The van der Waals surface area contributed by atoms with Gasteiger partial charge in [-0.3, -0.25) is 0 Å². The third kappa shape index (κ3) is 4.07. The van der Waals surface area contributed by atoms with Gasteiger partial charge in [0.1, 0.15) is 0 Å². The Morgan fingerprint density at radius 1 is 1.32 bits per heavy atom. The van der Waals surface area contributed by atoms with E-state index < -0.39 is 0 Å². The first-order chi connectivity index (χ1) is 9.65. The van der Waals surface area contributed by atoms with Crippen molar-refractivity contribution in [1.82, 2.24) is 14.9 Å². The molecular formula is C14H17Cl4N3O. The first kappa shape index (κ1) is 19.6. The number of rotatable bonds is 3. The van der Waals surface area contributed by atoms with E-state index in [0.29, 0.717) is 16.6 Å². The van der Waals surface area contributed by atoms with Gasteiger partial charge in [0.2, 0.25) is 0 Å². The van der Waals surface area contributed by atoms with E-state index in [1.54, 1.807) is 12.4 Å². The number of aliphatic hydroxyl groups excluding tert-OH is 1. The second kappa shape index (κ2) is 8.39. The SMILES string of the molecule is Cl.Cl.O[C@H]1CCN[C@@H]1/C=C/Cn1cnc2cc(Cl)c(Cl)cc21. The predicted molar refractivity (Wildman–Crippen MR) is 95.8 cm³/mol. The van der Waals surface area contributed by atoms with E-state index in [4.69, 9.17) is 23.2 Å². The Balaban J connectivity index is 0.00000121. The van der Waals surface area contributed by atoms with Gasteiger partial charge in [-0.15, -0.1) is 24.8 Å². The molecule has 0 radical (unpaired) electrons. The molecule has 2 N–H and O–H groups in total. The zero-order valence-electron chi connectivity index (χ0n) is 11.6. The molecule has 0 unspecified atom stereocenters. The fourth-order valence-corrected chi connectivity index (χ4v) is 2.75. The lowest BCUT2D eigenvalue weighted by molar-refractivity contribution is 0.175. The topological polar surface area (TPSA) is 50.1 Å². The van der Waals surface area contributed by atoms with Crippen LogP contribution in [0.3, 0.4) is 0 Å². The van der Waals surface area contributed by atoms with E-state index >= 15 is 0 Å². The highest BCUT2D eigenvalue weighted by molar-refractivity contribution is 6.42. The summed E-state index contributed by atoms with van der Waals surface area (Å²) >= 11 is 12.0. The van der Waals surface area contributed by atoms with Gasteiger partial charge >= 0.3 is 0 Å². The molecule has 1 aromatic carbocycles. The van der Waals surface area contributed by atoms with Crippen LogP contribution in [0.25, 0.3) is 11.0 Å². The van der Waals surface area contributed by atoms with Gasteiger partial charge in [-0.2, -0.15) is 0 Å². The van der Waals surface area contributed by atoms with Crippen LogP contribution < -0.4 is 5.32 Å². The van der Waals surface area contributed by atoms with Gasteiger partial charge in [0, 0.05) is 6.54 Å². The molecule has 0 bridgehead atoms. The average Bonchev–Trinajstić information content (AvgIpc) is 2.99. The summed E-state index contributed by atoms with van der Waals surface area (Å²) < 4.78 is 2.00. The summed E-state index contributed by atoms with van der Waals surface area (Å²) in [7, 11) is 0. The summed E-state index contributed by atoms with van der Waals surface area (Å²) in [5.41, 5.74) is 1.77. The number of hydrogen-bond donors (Lipinski definition) is 2. The molecule has 1 saturated heterocycles. The van der Waals surface area contributed by atoms with Gasteiger partial charge in [0.25, 0.3) is 0 Å². The number of halogens is 4. The van der Waals surface area contributed by atoms with Gasteiger partial charge in [-0.05, 0) is 25.1 Å². The smallest absolute Gasteiger partial charge is 0.0961 e. The Bertz CT molecular complexity index is 659. The Labute approximate surface area is 151 Å². The van der Waals surface area contributed by atoms with Gasteiger partial charge in [0.05, 0.1) is 39.6 Å². The van der Waals surface area contributed by atoms with Crippen molar-refractivity contribution < 1.29 is 5.11 Å². The lowest BCUT2D eigenvalue weighted by Gasteiger charge is -2.09. The van der Waals surface area contributed by atoms with E-state index in [1.807, 2.05) is 22.8 Å². The molecule has 2 aromatic rings. The summed E-state index contributed by atoms with van der Waals surface area (Å²) in [6.45, 7) is 1.54. The van der Waals surface area contributed by atoms with E-state index in [1.165, 1.54) is 0 Å². The molecule has 0 aliphatic carbocycles. The van der Waals surface area contributed by atoms with Crippen LogP contribution in [-0.4, -0.2) is 33.3 Å². The molecule has 0 saturated carbocycles. The second-order valence-corrected chi connectivity index (χ2v) is 5.73. The molecule has 0 amide bonds. The van der Waals surface area contributed by atoms with Crippen LogP contribution in [0.1, 0.15) is 6.42 Å². The summed E-state index contributed by atoms with van der Waals surface area (Å²) in [5, 5.41) is 14.0. The molecular weight excluding hydrogens is 368 g/mol. The highest BCUT2D eigenvalue weighted by Gasteiger charge is 2.21. The maximum atomic E-state index is 9.72. The van der Waals surface area contributed by atoms with Crippen LogP contribution in [0.2, 0.25) is 10.0 Å². The minimum atomic E-state index is -0.293. The number of imidazole rings is 1. The molecule has 1 aromatic heterocycles. The maximum Gasteiger partial charge on any atom is 0.0961 e. The maximum absolute atomic E-state index is 9.72. The molecule has 0 spiro atoms. The fraction of sp³-hybridized carbons (Fsp3) is 0.357. The molecule has 22 heavy (non-hydrogen) atoms. The van der Waals surface area contributed by atoms with E-state index in [2.05, 4.69) is 10.3 Å². The Morgan fingerprint density at radius 3 is 2.73 bits per heavy atom. The van der Waals surface area contributed by atoms with Gasteiger partial charge in [0.15, 0.2) is 0 Å². The van der Waals surface area contributed by atoms with Crippen molar-refractivity contribution in [2.75, 3.05) is 6.54 Å². The average molecular weight is 385 g/mol. The number of benzene rings is 1. The second-order valence-electron chi connectivity index (χ2n) is 4.92. The number of allylic oxidation sites excluding steroid dienone is 1. The van der Waals surface area contributed by atoms with E-state index in [9.17, 15) is 5.11 Å². The molecule has 8 heteroatoms. The van der Waals surface area contributed by atoms with Crippen LogP contribution in [0.4, 0.5) is 0 Å². The number of aromatic nitrogens is 2. The monoisotopic (exact) mass is 383 g/mol. The lowest BCUT2D eigenvalue weighted by Crippen LogP contribution is -2.27. The van der Waals surface area contributed by atoms with Crippen molar-refractivity contribution >= 4 is 59.0 Å². The van der Waals surface area contributed by atoms with Crippen molar-refractivity contribution in [3.05, 3.63) is 40.7 Å². The summed E-state index contributed by atoms with van der Waals surface area (Å²) in [6.07, 6.45) is 6.30. The molecule has 2 atom stereocenters. The summed E-state index contributed by atoms with van der Waals surface area (Å²) in [5.74, 6) is 0. The molecule has 3 rings (SSSR count). The normalized spacial score (nSPS) is 21.0. The first-order valence-corrected chi connectivity index (χ1v) is 7.29. The van der Waals surface area contributed by atoms with Gasteiger partial charge in [-0.1, -0.05) is 35.4 Å². The van der Waals surface area contributed by atoms with Crippen LogP contribution in [-0.2, 0) is 6.54 Å². The summed E-state index contributed by atoms with van der Waals surface area (Å²) in [6, 6.07) is 3.63. The summed E-state index contributed by atoms with van der Waals surface area (Å²) in [4.78, 5) is 4.31. The molecule has 1 fully saturated rings. The van der Waals surface area contributed by atoms with Gasteiger partial charge in [-0.25, -0.2) is 4.98 Å². The predicted octanol–water partition coefficient (Wildman–Crippen LogP) is 3.47. The molecule has 2 heterocycles. The van der Waals surface area contributed by atoms with Gasteiger partial charge < -0.3 is 15.0 Å². The van der Waals surface area contributed by atoms with Crippen molar-refractivity contribution in [3.63, 3.8) is 0 Å². The number of aliphatic hydroxyl groups is 1. The zero-order chi connectivity index (χ0) is 14.1. The van der Waals surface area contributed by atoms with Crippen LogP contribution >= 0.6 is 48.0 Å². The molecule has 1 aliphatic heterocycles. The quantitative estimate of drug-likeness (QED) is 0.796. The first-order valence-electron chi connectivity index (χ1n) is 6.53. The Hall–Kier alpha value is -0.490. The highest BCUT2D eigenvalue weighted by atomic mass is 35.5. The highest BCUT2D eigenvalue weighted by Crippen LogP contribution is 2.27. The van der Waals surface area contributed by atoms with Crippen LogP contribution in [0.15, 0.2) is 30.6 Å². The lowest BCUT2D eigenvalue weighted by atomic mass is 10.1. The molecule has 122 valence electrons. The van der Waals surface area contributed by atoms with Crippen LogP contribution in [0, 0.1) is 0 Å². The number of nitrogens with zero attached hydrogens (tertiary/aromatic N) is 2. The standard InChI is InChI=1S/C14H15Cl2N3O.2ClH/c15-9-6-12-13(7-10(9)16)19(8-18-12)5-1-2-11-14(20)3-4-17-11;;/h1-2,6-8,11,14,17,20H,3-5H2;2*1H/b2-1+;;/t11-,14+;;/m1../s1. The fourth-order valence-electron chi connectivity index (χ4n) is 2.43. The molecule has 4 nitrogen and oxygen atoms in total. The number of hydrogen-bond acceptors (Lipinski definition) is 3. The van der Waals surface area contributed by atoms with Crippen LogP contribution in [0.5, 0.6) is 0 Å². The minimum absolute atomic E-state index is 0. The third-order valence-electron chi connectivity index (χ3n) is 3.54. The Morgan fingerprint density at radius 2 is 2.05 bits per heavy atom. The van der Waals surface area contributed by atoms with Crippen molar-refractivity contribution in [3.8, 4) is 0 Å². The number of fused-ring (bicyclic) bond motifs is 1. The largest absolute Gasteiger partial charge is 0.391 e. The minimum Gasteiger partial charge on any atom is -0.391 e. The number of nitrogens with one attached hydrogen (secondary N) is 1. The van der Waals surface area contributed by atoms with Crippen molar-refractivity contribution in [2.24, 2.45) is 0 Å². The van der Waals surface area contributed by atoms with Crippen molar-refractivity contribution in [2.45, 2.75) is 25.1 Å². The van der Waals surface area contributed by atoms with E-state index in [0.717, 1.165) is 24.0 Å². The third-order valence-corrected chi connectivity index (χ3v) is 4.27.